The zero-order valence-corrected chi connectivity index (χ0v) is 18.0. The Morgan fingerprint density at radius 1 is 1.06 bits per heavy atom. The average molecular weight is 435 g/mol. The summed E-state index contributed by atoms with van der Waals surface area (Å²) in [5, 5.41) is 4.17. The van der Waals surface area contributed by atoms with Gasteiger partial charge in [-0.05, 0) is 47.5 Å². The van der Waals surface area contributed by atoms with Gasteiger partial charge in [0.15, 0.2) is 17.1 Å². The molecule has 0 saturated heterocycles. The molecular weight excluding hydrogens is 412 g/mol. The molecule has 0 aliphatic rings. The number of hydrogen-bond acceptors (Lipinski definition) is 4. The number of benzene rings is 3. The highest BCUT2D eigenvalue weighted by atomic mass is 35.5. The molecule has 1 heterocycles. The summed E-state index contributed by atoms with van der Waals surface area (Å²) >= 11 is 5.91. The summed E-state index contributed by atoms with van der Waals surface area (Å²) in [6.45, 7) is 2.09. The standard InChI is InChI=1S/C25H23ClN2O3/c1-15(16-6-4-3-5-7-16)23(27)19-12-13-21(30-2)24-20(19)14-22(31-24)25(29)28-18-10-8-17(26)9-11-18/h3-15,23H,27H2,1-2H3,(H,28,29)/t15-,23?/m0/s1. The van der Waals surface area contributed by atoms with Gasteiger partial charge in [0.25, 0.3) is 5.91 Å². The van der Waals surface area contributed by atoms with Crippen molar-refractivity contribution >= 4 is 34.2 Å². The van der Waals surface area contributed by atoms with Crippen LogP contribution in [0.1, 0.15) is 40.6 Å². The van der Waals surface area contributed by atoms with Crippen LogP contribution in [0.5, 0.6) is 5.75 Å². The van der Waals surface area contributed by atoms with Crippen molar-refractivity contribution in [1.82, 2.24) is 0 Å². The highest BCUT2D eigenvalue weighted by Crippen LogP contribution is 2.38. The summed E-state index contributed by atoms with van der Waals surface area (Å²) in [6.07, 6.45) is 0. The number of fused-ring (bicyclic) bond motifs is 1. The first-order valence-corrected chi connectivity index (χ1v) is 10.3. The molecule has 31 heavy (non-hydrogen) atoms. The molecule has 1 amide bonds. The summed E-state index contributed by atoms with van der Waals surface area (Å²) in [7, 11) is 1.57. The SMILES string of the molecule is COc1ccc(C(N)[C@@H](C)c2ccccc2)c2cc(C(=O)Nc3ccc(Cl)cc3)oc12. The van der Waals surface area contributed by atoms with Crippen molar-refractivity contribution in [2.75, 3.05) is 12.4 Å². The van der Waals surface area contributed by atoms with Gasteiger partial charge >= 0.3 is 0 Å². The molecule has 5 nitrogen and oxygen atoms in total. The van der Waals surface area contributed by atoms with E-state index in [4.69, 9.17) is 26.5 Å². The Morgan fingerprint density at radius 3 is 2.45 bits per heavy atom. The topological polar surface area (TPSA) is 77.5 Å². The molecule has 1 aromatic heterocycles. The zero-order chi connectivity index (χ0) is 22.0. The Hall–Kier alpha value is -3.28. The molecule has 0 spiro atoms. The monoisotopic (exact) mass is 434 g/mol. The second-order valence-corrected chi connectivity index (χ2v) is 7.83. The van der Waals surface area contributed by atoms with Crippen molar-refractivity contribution in [2.24, 2.45) is 5.73 Å². The van der Waals surface area contributed by atoms with Crippen molar-refractivity contribution in [1.29, 1.82) is 0 Å². The van der Waals surface area contributed by atoms with Gasteiger partial charge in [-0.1, -0.05) is 54.9 Å². The van der Waals surface area contributed by atoms with Crippen molar-refractivity contribution in [3.8, 4) is 5.75 Å². The first-order valence-electron chi connectivity index (χ1n) is 9.96. The lowest BCUT2D eigenvalue weighted by Crippen LogP contribution is -2.18. The van der Waals surface area contributed by atoms with Crippen molar-refractivity contribution in [2.45, 2.75) is 18.9 Å². The number of carbonyl (C=O) groups excluding carboxylic acids is 1. The zero-order valence-electron chi connectivity index (χ0n) is 17.3. The molecule has 0 saturated carbocycles. The third-order valence-electron chi connectivity index (χ3n) is 5.45. The Balaban J connectivity index is 1.70. The van der Waals surface area contributed by atoms with Gasteiger partial charge in [-0.2, -0.15) is 0 Å². The predicted octanol–water partition coefficient (Wildman–Crippen LogP) is 6.15. The predicted molar refractivity (Wildman–Crippen MR) is 124 cm³/mol. The van der Waals surface area contributed by atoms with Crippen LogP contribution in [0.25, 0.3) is 11.0 Å². The summed E-state index contributed by atoms with van der Waals surface area (Å²) < 4.78 is 11.4. The number of furan rings is 1. The van der Waals surface area contributed by atoms with E-state index < -0.39 is 0 Å². The number of ether oxygens (including phenoxy) is 1. The molecule has 0 aliphatic heterocycles. The lowest BCUT2D eigenvalue weighted by molar-refractivity contribution is 0.0998. The summed E-state index contributed by atoms with van der Waals surface area (Å²) in [6, 6.07) is 22.2. The first-order chi connectivity index (χ1) is 15.0. The number of nitrogens with one attached hydrogen (secondary N) is 1. The van der Waals surface area contributed by atoms with Gasteiger partial charge in [-0.15, -0.1) is 0 Å². The van der Waals surface area contributed by atoms with Crippen LogP contribution in [0.4, 0.5) is 5.69 Å². The van der Waals surface area contributed by atoms with Crippen LogP contribution < -0.4 is 15.8 Å². The molecule has 0 radical (unpaired) electrons. The van der Waals surface area contributed by atoms with E-state index in [0.29, 0.717) is 22.0 Å². The van der Waals surface area contributed by atoms with Gasteiger partial charge < -0.3 is 20.2 Å². The van der Waals surface area contributed by atoms with Gasteiger partial charge in [-0.25, -0.2) is 0 Å². The molecule has 0 fully saturated rings. The Kier molecular flexibility index (Phi) is 5.98. The van der Waals surface area contributed by atoms with E-state index in [2.05, 4.69) is 24.4 Å². The van der Waals surface area contributed by atoms with Crippen LogP contribution in [-0.4, -0.2) is 13.0 Å². The lowest BCUT2D eigenvalue weighted by Gasteiger charge is -2.21. The van der Waals surface area contributed by atoms with Crippen LogP contribution in [0.2, 0.25) is 5.02 Å². The summed E-state index contributed by atoms with van der Waals surface area (Å²) in [4.78, 5) is 12.8. The van der Waals surface area contributed by atoms with E-state index in [1.807, 2.05) is 30.3 Å². The van der Waals surface area contributed by atoms with Crippen LogP contribution in [0.15, 0.2) is 77.2 Å². The second-order valence-electron chi connectivity index (χ2n) is 7.40. The highest BCUT2D eigenvalue weighted by Gasteiger charge is 2.23. The second kappa shape index (κ2) is 8.84. The minimum Gasteiger partial charge on any atom is -0.493 e. The van der Waals surface area contributed by atoms with E-state index in [-0.39, 0.29) is 23.6 Å². The maximum Gasteiger partial charge on any atom is 0.291 e. The molecule has 158 valence electrons. The minimum atomic E-state index is -0.365. The third-order valence-corrected chi connectivity index (χ3v) is 5.70. The number of hydrogen-bond donors (Lipinski definition) is 2. The van der Waals surface area contributed by atoms with E-state index >= 15 is 0 Å². The maximum atomic E-state index is 12.8. The van der Waals surface area contributed by atoms with Crippen LogP contribution in [0.3, 0.4) is 0 Å². The quantitative estimate of drug-likeness (QED) is 0.381. The summed E-state index contributed by atoms with van der Waals surface area (Å²) in [5.41, 5.74) is 9.81. The molecule has 6 heteroatoms. The molecule has 2 atom stereocenters. The fourth-order valence-corrected chi connectivity index (χ4v) is 3.77. The third kappa shape index (κ3) is 4.29. The number of nitrogens with two attached hydrogens (primary N) is 1. The lowest BCUT2D eigenvalue weighted by atomic mass is 9.88. The Labute approximate surface area is 185 Å². The van der Waals surface area contributed by atoms with E-state index in [1.54, 1.807) is 37.4 Å². The van der Waals surface area contributed by atoms with Gasteiger partial charge in [0.2, 0.25) is 0 Å². The minimum absolute atomic E-state index is 0.0686. The van der Waals surface area contributed by atoms with Gasteiger partial charge in [-0.3, -0.25) is 4.79 Å². The molecule has 0 bridgehead atoms. The molecule has 3 N–H and O–H groups in total. The van der Waals surface area contributed by atoms with Gasteiger partial charge in [0.05, 0.1) is 7.11 Å². The Morgan fingerprint density at radius 2 is 1.77 bits per heavy atom. The molecule has 4 aromatic rings. The number of methoxy groups -OCH3 is 1. The average Bonchev–Trinajstić information content (AvgIpc) is 3.25. The number of amides is 1. The van der Waals surface area contributed by atoms with Crippen molar-refractivity contribution < 1.29 is 13.9 Å². The van der Waals surface area contributed by atoms with E-state index in [9.17, 15) is 4.79 Å². The number of anilines is 1. The molecular formula is C25H23ClN2O3. The van der Waals surface area contributed by atoms with Crippen LogP contribution >= 0.6 is 11.6 Å². The van der Waals surface area contributed by atoms with E-state index in [1.165, 1.54) is 0 Å². The van der Waals surface area contributed by atoms with Crippen molar-refractivity contribution in [3.05, 3.63) is 94.7 Å². The van der Waals surface area contributed by atoms with Gasteiger partial charge in [0.1, 0.15) is 0 Å². The fourth-order valence-electron chi connectivity index (χ4n) is 3.64. The Bertz CT molecular complexity index is 1200. The van der Waals surface area contributed by atoms with Crippen LogP contribution in [0, 0.1) is 0 Å². The number of halogens is 1. The molecule has 0 aliphatic carbocycles. The number of rotatable bonds is 6. The largest absolute Gasteiger partial charge is 0.493 e. The first kappa shape index (κ1) is 21.0. The summed E-state index contributed by atoms with van der Waals surface area (Å²) in [5.74, 6) is 0.425. The van der Waals surface area contributed by atoms with Crippen LogP contribution in [-0.2, 0) is 0 Å². The number of carbonyl (C=O) groups is 1. The molecule has 3 aromatic carbocycles. The maximum absolute atomic E-state index is 12.8. The van der Waals surface area contributed by atoms with E-state index in [0.717, 1.165) is 16.5 Å². The van der Waals surface area contributed by atoms with Gasteiger partial charge in [0, 0.05) is 28.1 Å². The highest BCUT2D eigenvalue weighted by molar-refractivity contribution is 6.30. The molecule has 1 unspecified atom stereocenters. The normalized spacial score (nSPS) is 13.0. The smallest absolute Gasteiger partial charge is 0.291 e. The molecule has 4 rings (SSSR count). The fraction of sp³-hybridized carbons (Fsp3) is 0.160. The van der Waals surface area contributed by atoms with Crippen molar-refractivity contribution in [3.63, 3.8) is 0 Å².